The van der Waals surface area contributed by atoms with Crippen LogP contribution in [0.2, 0.25) is 0 Å². The number of Topliss-reactive ketones (excluding diaryl/α,β-unsaturated/α-hetero) is 1. The van der Waals surface area contributed by atoms with Crippen molar-refractivity contribution in [1.29, 1.82) is 0 Å². The molecule has 0 aromatic heterocycles. The van der Waals surface area contributed by atoms with Crippen molar-refractivity contribution in [2.45, 2.75) is 46.0 Å². The summed E-state index contributed by atoms with van der Waals surface area (Å²) in [5.74, 6) is 0.412. The molecule has 1 heteroatoms. The summed E-state index contributed by atoms with van der Waals surface area (Å²) in [6, 6.07) is 0. The molecule has 0 radical (unpaired) electrons. The van der Waals surface area contributed by atoms with Crippen LogP contribution in [0.25, 0.3) is 0 Å². The Kier molecular flexibility index (Phi) is 3.94. The van der Waals surface area contributed by atoms with Gasteiger partial charge in [-0.1, -0.05) is 26.0 Å². The first kappa shape index (κ1) is 10.2. The van der Waals surface area contributed by atoms with E-state index in [9.17, 15) is 4.79 Å². The summed E-state index contributed by atoms with van der Waals surface area (Å²) in [7, 11) is 0. The molecular formula is C12H18O. The number of fused-ring (bicyclic) bond motifs is 1. The molecular weight excluding hydrogens is 160 g/mol. The summed E-state index contributed by atoms with van der Waals surface area (Å²) in [5.41, 5.74) is 2.75. The second-order valence-corrected chi connectivity index (χ2v) is 3.25. The highest BCUT2D eigenvalue weighted by Gasteiger charge is 2.18. The van der Waals surface area contributed by atoms with Gasteiger partial charge in [0.05, 0.1) is 0 Å². The topological polar surface area (TPSA) is 17.1 Å². The number of rotatable bonds is 0. The molecule has 0 N–H and O–H groups in total. The fourth-order valence-electron chi connectivity index (χ4n) is 1.80. The second-order valence-electron chi connectivity index (χ2n) is 3.25. The lowest BCUT2D eigenvalue weighted by atomic mass is 9.85. The molecule has 2 aliphatic carbocycles. The molecule has 0 bridgehead atoms. The number of allylic oxidation sites excluding steroid dienone is 4. The zero-order valence-corrected chi connectivity index (χ0v) is 8.60. The van der Waals surface area contributed by atoms with Crippen LogP contribution in [-0.2, 0) is 4.79 Å². The first-order valence-electron chi connectivity index (χ1n) is 5.26. The van der Waals surface area contributed by atoms with Crippen molar-refractivity contribution in [1.82, 2.24) is 0 Å². The highest BCUT2D eigenvalue weighted by atomic mass is 16.1. The molecule has 0 amide bonds. The van der Waals surface area contributed by atoms with Crippen LogP contribution in [0.15, 0.2) is 23.3 Å². The third-order valence-electron chi connectivity index (χ3n) is 2.42. The molecule has 0 aromatic carbocycles. The monoisotopic (exact) mass is 178 g/mol. The lowest BCUT2D eigenvalue weighted by Gasteiger charge is -2.20. The SMILES string of the molecule is CC.O=C1CCC2=CCCC=C2C1. The van der Waals surface area contributed by atoms with Crippen LogP contribution < -0.4 is 0 Å². The van der Waals surface area contributed by atoms with Gasteiger partial charge in [0.15, 0.2) is 0 Å². The number of carbonyl (C=O) groups excluding carboxylic acids is 1. The van der Waals surface area contributed by atoms with Crippen molar-refractivity contribution >= 4 is 5.78 Å². The van der Waals surface area contributed by atoms with Crippen molar-refractivity contribution in [3.05, 3.63) is 23.3 Å². The Morgan fingerprint density at radius 3 is 2.31 bits per heavy atom. The number of hydrogen-bond donors (Lipinski definition) is 0. The molecule has 0 heterocycles. The van der Waals surface area contributed by atoms with E-state index in [0.29, 0.717) is 12.2 Å². The lowest BCUT2D eigenvalue weighted by Crippen LogP contribution is -2.10. The molecule has 0 atom stereocenters. The third kappa shape index (κ3) is 2.55. The van der Waals surface area contributed by atoms with E-state index in [1.807, 2.05) is 13.8 Å². The van der Waals surface area contributed by atoms with Crippen molar-refractivity contribution in [2.75, 3.05) is 0 Å². The fourth-order valence-corrected chi connectivity index (χ4v) is 1.80. The zero-order chi connectivity index (χ0) is 9.68. The Balaban J connectivity index is 0.000000396. The summed E-state index contributed by atoms with van der Waals surface area (Å²) < 4.78 is 0. The van der Waals surface area contributed by atoms with Gasteiger partial charge < -0.3 is 0 Å². The molecule has 0 saturated heterocycles. The van der Waals surface area contributed by atoms with Gasteiger partial charge in [-0.05, 0) is 30.4 Å². The Hall–Kier alpha value is -0.850. The number of hydrogen-bond acceptors (Lipinski definition) is 1. The van der Waals surface area contributed by atoms with Crippen LogP contribution in [0.4, 0.5) is 0 Å². The average Bonchev–Trinajstić information content (AvgIpc) is 2.21. The maximum atomic E-state index is 11.0. The van der Waals surface area contributed by atoms with Gasteiger partial charge >= 0.3 is 0 Å². The molecule has 1 saturated carbocycles. The predicted molar refractivity (Wildman–Crippen MR) is 55.6 cm³/mol. The summed E-state index contributed by atoms with van der Waals surface area (Å²) in [6.07, 6.45) is 9.28. The van der Waals surface area contributed by atoms with Crippen molar-refractivity contribution in [3.63, 3.8) is 0 Å². The van der Waals surface area contributed by atoms with Crippen LogP contribution >= 0.6 is 0 Å². The van der Waals surface area contributed by atoms with E-state index in [1.165, 1.54) is 17.6 Å². The van der Waals surface area contributed by atoms with E-state index in [1.54, 1.807) is 0 Å². The summed E-state index contributed by atoms with van der Waals surface area (Å²) >= 11 is 0. The number of ketones is 1. The van der Waals surface area contributed by atoms with E-state index in [-0.39, 0.29) is 0 Å². The van der Waals surface area contributed by atoms with E-state index in [2.05, 4.69) is 12.2 Å². The second kappa shape index (κ2) is 5.00. The van der Waals surface area contributed by atoms with Crippen LogP contribution in [-0.4, -0.2) is 5.78 Å². The quantitative estimate of drug-likeness (QED) is 0.555. The Bertz CT molecular complexity index is 246. The standard InChI is InChI=1S/C10H12O.C2H6/c11-10-6-5-8-3-1-2-4-9(8)7-10;1-2/h3-4H,1-2,5-7H2;1-2H3. The molecule has 0 aliphatic heterocycles. The van der Waals surface area contributed by atoms with Gasteiger partial charge in [0.1, 0.15) is 5.78 Å². The zero-order valence-electron chi connectivity index (χ0n) is 8.60. The maximum absolute atomic E-state index is 11.0. The van der Waals surface area contributed by atoms with Crippen LogP contribution in [0.1, 0.15) is 46.0 Å². The molecule has 72 valence electrons. The van der Waals surface area contributed by atoms with E-state index < -0.39 is 0 Å². The van der Waals surface area contributed by atoms with E-state index >= 15 is 0 Å². The first-order chi connectivity index (χ1) is 6.36. The molecule has 2 rings (SSSR count). The highest BCUT2D eigenvalue weighted by molar-refractivity contribution is 5.84. The number of carbonyl (C=O) groups is 1. The predicted octanol–water partition coefficient (Wildman–Crippen LogP) is 3.41. The summed E-state index contributed by atoms with van der Waals surface area (Å²) in [6.45, 7) is 4.00. The van der Waals surface area contributed by atoms with Gasteiger partial charge in [0, 0.05) is 12.8 Å². The third-order valence-corrected chi connectivity index (χ3v) is 2.42. The van der Waals surface area contributed by atoms with E-state index in [4.69, 9.17) is 0 Å². The molecule has 0 spiro atoms. The van der Waals surface area contributed by atoms with Gasteiger partial charge in [-0.2, -0.15) is 0 Å². The minimum Gasteiger partial charge on any atom is -0.299 e. The van der Waals surface area contributed by atoms with Crippen LogP contribution in [0, 0.1) is 0 Å². The van der Waals surface area contributed by atoms with E-state index in [0.717, 1.165) is 19.3 Å². The Morgan fingerprint density at radius 1 is 1.00 bits per heavy atom. The largest absolute Gasteiger partial charge is 0.299 e. The molecule has 1 fully saturated rings. The van der Waals surface area contributed by atoms with Crippen molar-refractivity contribution in [2.24, 2.45) is 0 Å². The lowest BCUT2D eigenvalue weighted by molar-refractivity contribution is -0.118. The summed E-state index contributed by atoms with van der Waals surface area (Å²) in [4.78, 5) is 11.0. The molecule has 13 heavy (non-hydrogen) atoms. The van der Waals surface area contributed by atoms with Crippen LogP contribution in [0.5, 0.6) is 0 Å². The highest BCUT2D eigenvalue weighted by Crippen LogP contribution is 2.30. The minimum atomic E-state index is 0.412. The molecule has 0 aromatic rings. The first-order valence-corrected chi connectivity index (χ1v) is 5.26. The van der Waals surface area contributed by atoms with Crippen molar-refractivity contribution in [3.8, 4) is 0 Å². The summed E-state index contributed by atoms with van der Waals surface area (Å²) in [5, 5.41) is 0. The molecule has 2 aliphatic rings. The smallest absolute Gasteiger partial charge is 0.137 e. The van der Waals surface area contributed by atoms with Gasteiger partial charge in [-0.3, -0.25) is 4.79 Å². The minimum absolute atomic E-state index is 0.412. The van der Waals surface area contributed by atoms with Crippen LogP contribution in [0.3, 0.4) is 0 Å². The van der Waals surface area contributed by atoms with Crippen molar-refractivity contribution < 1.29 is 4.79 Å². The molecule has 1 nitrogen and oxygen atoms in total. The normalized spacial score (nSPS) is 20.6. The Morgan fingerprint density at radius 2 is 1.62 bits per heavy atom. The van der Waals surface area contributed by atoms with Gasteiger partial charge in [0.2, 0.25) is 0 Å². The maximum Gasteiger partial charge on any atom is 0.137 e. The van der Waals surface area contributed by atoms with Gasteiger partial charge in [-0.15, -0.1) is 0 Å². The van der Waals surface area contributed by atoms with Gasteiger partial charge in [-0.25, -0.2) is 0 Å². The fraction of sp³-hybridized carbons (Fsp3) is 0.583. The molecule has 0 unspecified atom stereocenters. The average molecular weight is 178 g/mol. The Labute approximate surface area is 80.5 Å². The van der Waals surface area contributed by atoms with Gasteiger partial charge in [0.25, 0.3) is 0 Å².